The van der Waals surface area contributed by atoms with E-state index >= 15 is 0 Å². The van der Waals surface area contributed by atoms with Crippen molar-refractivity contribution in [3.8, 4) is 0 Å². The lowest BCUT2D eigenvalue weighted by Gasteiger charge is -2.23. The maximum atomic E-state index is 11.9. The first kappa shape index (κ1) is 12.5. The molecule has 2 heterocycles. The molecule has 0 spiro atoms. The maximum Gasteiger partial charge on any atom is 0.330 e. The number of hydrogen-bond donors (Lipinski definition) is 2. The van der Waals surface area contributed by atoms with Crippen LogP contribution < -0.4 is 5.32 Å². The second-order valence-electron chi connectivity index (χ2n) is 3.74. The lowest BCUT2D eigenvalue weighted by molar-refractivity contribution is -0.143. The van der Waals surface area contributed by atoms with Crippen molar-refractivity contribution in [3.63, 3.8) is 0 Å². The largest absolute Gasteiger partial charge is 0.479 e. The summed E-state index contributed by atoms with van der Waals surface area (Å²) < 4.78 is 5.52. The molecule has 2 N–H and O–H groups in total. The molecule has 7 heteroatoms. The Labute approximate surface area is 110 Å². The Bertz CT molecular complexity index is 453. The lowest BCUT2D eigenvalue weighted by Crippen LogP contribution is -2.54. The first-order valence-corrected chi connectivity index (χ1v) is 6.86. The normalized spacial score (nSPS) is 23.6. The Morgan fingerprint density at radius 3 is 2.82 bits per heavy atom. The molecule has 5 nitrogen and oxygen atoms in total. The molecule has 17 heavy (non-hydrogen) atoms. The smallest absolute Gasteiger partial charge is 0.330 e. The van der Waals surface area contributed by atoms with E-state index in [1.54, 1.807) is 6.07 Å². The summed E-state index contributed by atoms with van der Waals surface area (Å²) in [5.74, 6) is -0.300. The van der Waals surface area contributed by atoms with Crippen LogP contribution in [0.1, 0.15) is 17.0 Å². The molecule has 92 valence electrons. The molecule has 1 fully saturated rings. The summed E-state index contributed by atoms with van der Waals surface area (Å²) in [5.41, 5.74) is -1.17. The number of halogens is 1. The number of carbonyl (C=O) groups excluding carboxylic acids is 1. The SMILES string of the molecule is O=C(NC1(C(=O)O)CCSC1)c1occc1Br. The zero-order valence-electron chi connectivity index (χ0n) is 8.73. The zero-order chi connectivity index (χ0) is 12.5. The molecule has 1 aromatic heterocycles. The van der Waals surface area contributed by atoms with Crippen molar-refractivity contribution in [2.75, 3.05) is 11.5 Å². The Balaban J connectivity index is 2.17. The summed E-state index contributed by atoms with van der Waals surface area (Å²) in [6.45, 7) is 0. The predicted molar refractivity (Wildman–Crippen MR) is 66.2 cm³/mol. The molecule has 1 atom stereocenters. The topological polar surface area (TPSA) is 79.5 Å². The van der Waals surface area contributed by atoms with Gasteiger partial charge in [0.2, 0.25) is 5.76 Å². The summed E-state index contributed by atoms with van der Waals surface area (Å²) in [5, 5.41) is 11.8. The van der Waals surface area contributed by atoms with Gasteiger partial charge in [-0.25, -0.2) is 4.79 Å². The summed E-state index contributed by atoms with van der Waals surface area (Å²) >= 11 is 4.68. The first-order valence-electron chi connectivity index (χ1n) is 4.92. The highest BCUT2D eigenvalue weighted by Gasteiger charge is 2.44. The van der Waals surface area contributed by atoms with Crippen LogP contribution in [-0.4, -0.2) is 34.0 Å². The van der Waals surface area contributed by atoms with Gasteiger partial charge in [0.05, 0.1) is 10.7 Å². The van der Waals surface area contributed by atoms with Gasteiger partial charge in [0.15, 0.2) is 0 Å². The van der Waals surface area contributed by atoms with Gasteiger partial charge in [-0.2, -0.15) is 11.8 Å². The van der Waals surface area contributed by atoms with Crippen LogP contribution in [0.4, 0.5) is 0 Å². The second kappa shape index (κ2) is 4.73. The third kappa shape index (κ3) is 2.35. The molecule has 0 radical (unpaired) electrons. The maximum absolute atomic E-state index is 11.9. The fourth-order valence-electron chi connectivity index (χ4n) is 1.62. The number of aliphatic carboxylic acids is 1. The van der Waals surface area contributed by atoms with Crippen LogP contribution in [0.3, 0.4) is 0 Å². The summed E-state index contributed by atoms with van der Waals surface area (Å²) in [6, 6.07) is 1.59. The number of thioether (sulfide) groups is 1. The molecule has 1 amide bonds. The molecular formula is C10H10BrNO4S. The zero-order valence-corrected chi connectivity index (χ0v) is 11.1. The van der Waals surface area contributed by atoms with E-state index in [1.165, 1.54) is 18.0 Å². The van der Waals surface area contributed by atoms with E-state index in [-0.39, 0.29) is 5.76 Å². The van der Waals surface area contributed by atoms with Crippen molar-refractivity contribution in [3.05, 3.63) is 22.6 Å². The van der Waals surface area contributed by atoms with Crippen molar-refractivity contribution in [1.82, 2.24) is 5.32 Å². The highest BCUT2D eigenvalue weighted by Crippen LogP contribution is 2.29. The lowest BCUT2D eigenvalue weighted by atomic mass is 9.99. The van der Waals surface area contributed by atoms with Crippen LogP contribution in [0, 0.1) is 0 Å². The highest BCUT2D eigenvalue weighted by atomic mass is 79.9. The first-order chi connectivity index (χ1) is 8.05. The van der Waals surface area contributed by atoms with Gasteiger partial charge in [-0.1, -0.05) is 0 Å². The van der Waals surface area contributed by atoms with Gasteiger partial charge in [-0.15, -0.1) is 0 Å². The minimum absolute atomic E-state index is 0.0996. The van der Waals surface area contributed by atoms with Crippen molar-refractivity contribution >= 4 is 39.6 Å². The summed E-state index contributed by atoms with van der Waals surface area (Å²) in [7, 11) is 0. The van der Waals surface area contributed by atoms with Gasteiger partial charge in [0.25, 0.3) is 5.91 Å². The van der Waals surface area contributed by atoms with Crippen molar-refractivity contribution in [2.24, 2.45) is 0 Å². The molecule has 0 aromatic carbocycles. The Hall–Kier alpha value is -0.950. The van der Waals surface area contributed by atoms with E-state index in [9.17, 15) is 14.7 Å². The molecule has 1 aliphatic heterocycles. The minimum atomic E-state index is -1.17. The van der Waals surface area contributed by atoms with Gasteiger partial charge >= 0.3 is 5.97 Å². The Kier molecular flexibility index (Phi) is 3.48. The molecular weight excluding hydrogens is 310 g/mol. The number of furan rings is 1. The van der Waals surface area contributed by atoms with E-state index in [0.717, 1.165) is 5.75 Å². The van der Waals surface area contributed by atoms with Crippen LogP contribution in [0.15, 0.2) is 21.2 Å². The van der Waals surface area contributed by atoms with Crippen LogP contribution in [0.5, 0.6) is 0 Å². The van der Waals surface area contributed by atoms with Crippen LogP contribution in [-0.2, 0) is 4.79 Å². The van der Waals surface area contributed by atoms with Crippen molar-refractivity contribution in [2.45, 2.75) is 12.0 Å². The number of hydrogen-bond acceptors (Lipinski definition) is 4. The summed E-state index contributed by atoms with van der Waals surface area (Å²) in [6.07, 6.45) is 1.80. The average Bonchev–Trinajstić information content (AvgIpc) is 2.87. The van der Waals surface area contributed by atoms with Crippen LogP contribution in [0.2, 0.25) is 0 Å². The predicted octanol–water partition coefficient (Wildman–Crippen LogP) is 1.73. The van der Waals surface area contributed by atoms with E-state index in [4.69, 9.17) is 4.42 Å². The molecule has 0 bridgehead atoms. The quantitative estimate of drug-likeness (QED) is 0.887. The van der Waals surface area contributed by atoms with E-state index < -0.39 is 17.4 Å². The standard InChI is InChI=1S/C10H10BrNO4S/c11-6-1-3-16-7(6)8(13)12-10(9(14)15)2-4-17-5-10/h1,3H,2,4-5H2,(H,12,13)(H,14,15). The number of nitrogens with one attached hydrogen (secondary N) is 1. The van der Waals surface area contributed by atoms with Crippen molar-refractivity contribution < 1.29 is 19.1 Å². The fraction of sp³-hybridized carbons (Fsp3) is 0.400. The molecule has 2 rings (SSSR count). The summed E-state index contributed by atoms with van der Waals surface area (Å²) in [4.78, 5) is 23.1. The molecule has 1 unspecified atom stereocenters. The number of carboxylic acids is 1. The van der Waals surface area contributed by atoms with Crippen LogP contribution in [0.25, 0.3) is 0 Å². The number of amides is 1. The van der Waals surface area contributed by atoms with E-state index in [2.05, 4.69) is 21.2 Å². The second-order valence-corrected chi connectivity index (χ2v) is 5.70. The average molecular weight is 320 g/mol. The van der Waals surface area contributed by atoms with Gasteiger partial charge in [-0.3, -0.25) is 4.79 Å². The van der Waals surface area contributed by atoms with E-state index in [1.807, 2.05) is 0 Å². The molecule has 0 aliphatic carbocycles. The molecule has 0 saturated carbocycles. The number of carbonyl (C=O) groups is 2. The third-order valence-corrected chi connectivity index (χ3v) is 4.42. The van der Waals surface area contributed by atoms with Crippen LogP contribution >= 0.6 is 27.7 Å². The monoisotopic (exact) mass is 319 g/mol. The van der Waals surface area contributed by atoms with Gasteiger partial charge in [-0.05, 0) is 34.2 Å². The van der Waals surface area contributed by atoms with E-state index in [0.29, 0.717) is 16.6 Å². The van der Waals surface area contributed by atoms with Gasteiger partial charge in [0.1, 0.15) is 5.54 Å². The van der Waals surface area contributed by atoms with Crippen molar-refractivity contribution in [1.29, 1.82) is 0 Å². The molecule has 1 saturated heterocycles. The molecule has 1 aromatic rings. The highest BCUT2D eigenvalue weighted by molar-refractivity contribution is 9.10. The van der Waals surface area contributed by atoms with Gasteiger partial charge < -0.3 is 14.8 Å². The minimum Gasteiger partial charge on any atom is -0.479 e. The Morgan fingerprint density at radius 2 is 2.35 bits per heavy atom. The van der Waals surface area contributed by atoms with Gasteiger partial charge in [0, 0.05) is 5.75 Å². The number of rotatable bonds is 3. The molecule has 1 aliphatic rings. The fourth-order valence-corrected chi connectivity index (χ4v) is 3.32. The third-order valence-electron chi connectivity index (χ3n) is 2.61. The Morgan fingerprint density at radius 1 is 1.59 bits per heavy atom. The number of carboxylic acid groups (broad SMARTS) is 1.